The van der Waals surface area contributed by atoms with E-state index in [9.17, 15) is 0 Å². The van der Waals surface area contributed by atoms with Gasteiger partial charge in [-0.1, -0.05) is 87.5 Å². The molecule has 0 aliphatic carbocycles. The lowest BCUT2D eigenvalue weighted by Gasteiger charge is -2.17. The van der Waals surface area contributed by atoms with Crippen molar-refractivity contribution < 1.29 is 0 Å². The van der Waals surface area contributed by atoms with Gasteiger partial charge in [0.05, 0.1) is 17.2 Å². The van der Waals surface area contributed by atoms with Crippen LogP contribution in [0.5, 0.6) is 0 Å². The molecule has 3 nitrogen and oxygen atoms in total. The Hall–Kier alpha value is -4.28. The number of nitrogens with zero attached hydrogens (tertiary/aromatic N) is 3. The Morgan fingerprint density at radius 1 is 0.769 bits per heavy atom. The Balaban J connectivity index is 1.52. The standard InChI is InChI=1S/C35H29N3S/c1-22-15-17-27(33-32(22)26-18-16-24(19-30(26)39-33)23-11-7-5-8-12-23)34-37-28-20-31(35(2,3)4)36-21-29(28)38(34)25-13-9-6-10-14-25/h5-21H,1-4H3. The fourth-order valence-corrected chi connectivity index (χ4v) is 6.77. The van der Waals surface area contributed by atoms with Gasteiger partial charge in [-0.05, 0) is 53.9 Å². The largest absolute Gasteiger partial charge is 0.291 e. The maximum atomic E-state index is 5.28. The Morgan fingerprint density at radius 2 is 1.51 bits per heavy atom. The molecule has 3 heterocycles. The van der Waals surface area contributed by atoms with Gasteiger partial charge in [-0.25, -0.2) is 4.98 Å². The van der Waals surface area contributed by atoms with Crippen LogP contribution in [0.15, 0.2) is 103 Å². The van der Waals surface area contributed by atoms with Crippen LogP contribution in [0.1, 0.15) is 32.0 Å². The summed E-state index contributed by atoms with van der Waals surface area (Å²) in [6, 6.07) is 34.6. The molecule has 0 unspecified atom stereocenters. The van der Waals surface area contributed by atoms with Crippen LogP contribution in [0.3, 0.4) is 0 Å². The van der Waals surface area contributed by atoms with E-state index in [4.69, 9.17) is 9.97 Å². The first kappa shape index (κ1) is 23.8. The maximum absolute atomic E-state index is 5.28. The summed E-state index contributed by atoms with van der Waals surface area (Å²) in [6.45, 7) is 8.80. The second-order valence-corrected chi connectivity index (χ2v) is 12.3. The van der Waals surface area contributed by atoms with Crippen molar-refractivity contribution in [2.24, 2.45) is 0 Å². The van der Waals surface area contributed by atoms with Crippen molar-refractivity contribution in [1.82, 2.24) is 14.5 Å². The van der Waals surface area contributed by atoms with Gasteiger partial charge >= 0.3 is 0 Å². The van der Waals surface area contributed by atoms with Crippen molar-refractivity contribution in [3.8, 4) is 28.2 Å². The van der Waals surface area contributed by atoms with Crippen LogP contribution in [0.4, 0.5) is 0 Å². The average Bonchev–Trinajstić information content (AvgIpc) is 3.52. The van der Waals surface area contributed by atoms with E-state index in [1.54, 1.807) is 0 Å². The van der Waals surface area contributed by atoms with Crippen molar-refractivity contribution >= 4 is 42.5 Å². The molecule has 4 heteroatoms. The number of aromatic nitrogens is 3. The minimum atomic E-state index is -0.0516. The molecule has 7 aromatic rings. The van der Waals surface area contributed by atoms with Gasteiger partial charge in [-0.2, -0.15) is 0 Å². The molecule has 0 N–H and O–H groups in total. The minimum absolute atomic E-state index is 0.0516. The Labute approximate surface area is 232 Å². The van der Waals surface area contributed by atoms with Gasteiger partial charge in [-0.3, -0.25) is 9.55 Å². The number of thiophene rings is 1. The second kappa shape index (κ2) is 8.89. The van der Waals surface area contributed by atoms with Crippen LogP contribution in [0, 0.1) is 6.92 Å². The summed E-state index contributed by atoms with van der Waals surface area (Å²) in [7, 11) is 0. The van der Waals surface area contributed by atoms with Gasteiger partial charge in [0, 0.05) is 42.5 Å². The molecule has 4 aromatic carbocycles. The van der Waals surface area contributed by atoms with E-state index in [1.807, 2.05) is 17.5 Å². The summed E-state index contributed by atoms with van der Waals surface area (Å²) in [4.78, 5) is 10.1. The third kappa shape index (κ3) is 3.95. The normalized spacial score (nSPS) is 12.1. The zero-order chi connectivity index (χ0) is 26.7. The quantitative estimate of drug-likeness (QED) is 0.231. The van der Waals surface area contributed by atoms with Crippen molar-refractivity contribution in [3.63, 3.8) is 0 Å². The van der Waals surface area contributed by atoms with Crippen LogP contribution in [-0.4, -0.2) is 14.5 Å². The number of pyridine rings is 1. The Bertz CT molecular complexity index is 1990. The lowest BCUT2D eigenvalue weighted by atomic mass is 9.91. The number of imidazole rings is 1. The molecule has 0 radical (unpaired) electrons. The Kier molecular flexibility index (Phi) is 5.43. The smallest absolute Gasteiger partial charge is 0.147 e. The van der Waals surface area contributed by atoms with E-state index in [0.29, 0.717) is 0 Å². The molecule has 0 saturated heterocycles. The zero-order valence-corrected chi connectivity index (χ0v) is 23.4. The highest BCUT2D eigenvalue weighted by Gasteiger charge is 2.22. The average molecular weight is 524 g/mol. The summed E-state index contributed by atoms with van der Waals surface area (Å²) in [5, 5.41) is 2.61. The van der Waals surface area contributed by atoms with E-state index >= 15 is 0 Å². The molecule has 39 heavy (non-hydrogen) atoms. The van der Waals surface area contributed by atoms with E-state index in [-0.39, 0.29) is 5.41 Å². The SMILES string of the molecule is Cc1ccc(-c2nc3cc(C(C)(C)C)ncc3n2-c2ccccc2)c2sc3cc(-c4ccccc4)ccc3c12. The van der Waals surface area contributed by atoms with E-state index in [0.717, 1.165) is 33.8 Å². The van der Waals surface area contributed by atoms with Crippen LogP contribution in [-0.2, 0) is 5.41 Å². The summed E-state index contributed by atoms with van der Waals surface area (Å²) >= 11 is 1.86. The zero-order valence-electron chi connectivity index (χ0n) is 22.6. The molecule has 190 valence electrons. The highest BCUT2D eigenvalue weighted by Crippen LogP contribution is 2.43. The van der Waals surface area contributed by atoms with Gasteiger partial charge < -0.3 is 0 Å². The summed E-state index contributed by atoms with van der Waals surface area (Å²) in [6.07, 6.45) is 1.99. The van der Waals surface area contributed by atoms with Crippen molar-refractivity contribution in [3.05, 3.63) is 115 Å². The molecule has 0 fully saturated rings. The third-order valence-electron chi connectivity index (χ3n) is 7.50. The topological polar surface area (TPSA) is 30.7 Å². The van der Waals surface area contributed by atoms with Gasteiger partial charge in [0.1, 0.15) is 5.82 Å². The van der Waals surface area contributed by atoms with Gasteiger partial charge in [-0.15, -0.1) is 11.3 Å². The monoisotopic (exact) mass is 523 g/mol. The first-order chi connectivity index (χ1) is 18.9. The lowest BCUT2D eigenvalue weighted by Crippen LogP contribution is -2.13. The van der Waals surface area contributed by atoms with E-state index in [1.165, 1.54) is 36.9 Å². The molecule has 0 aliphatic heterocycles. The van der Waals surface area contributed by atoms with Crippen LogP contribution in [0.2, 0.25) is 0 Å². The first-order valence-electron chi connectivity index (χ1n) is 13.3. The first-order valence-corrected chi connectivity index (χ1v) is 14.2. The molecule has 0 spiro atoms. The lowest BCUT2D eigenvalue weighted by molar-refractivity contribution is 0.570. The van der Waals surface area contributed by atoms with E-state index < -0.39 is 0 Å². The van der Waals surface area contributed by atoms with Crippen molar-refractivity contribution in [1.29, 1.82) is 0 Å². The Morgan fingerprint density at radius 3 is 2.26 bits per heavy atom. The summed E-state index contributed by atoms with van der Waals surface area (Å²) < 4.78 is 4.83. The summed E-state index contributed by atoms with van der Waals surface area (Å²) in [5.41, 5.74) is 8.98. The van der Waals surface area contributed by atoms with Crippen LogP contribution >= 0.6 is 11.3 Å². The maximum Gasteiger partial charge on any atom is 0.147 e. The number of rotatable bonds is 3. The van der Waals surface area contributed by atoms with E-state index in [2.05, 4.69) is 129 Å². The van der Waals surface area contributed by atoms with Gasteiger partial charge in [0.25, 0.3) is 0 Å². The number of hydrogen-bond donors (Lipinski definition) is 0. The predicted octanol–water partition coefficient (Wildman–Crippen LogP) is 9.73. The van der Waals surface area contributed by atoms with Gasteiger partial charge in [0.15, 0.2) is 0 Å². The number of hydrogen-bond acceptors (Lipinski definition) is 3. The van der Waals surface area contributed by atoms with Crippen molar-refractivity contribution in [2.75, 3.05) is 0 Å². The molecule has 0 amide bonds. The molecule has 0 bridgehead atoms. The number of benzene rings is 4. The fraction of sp³-hybridized carbons (Fsp3) is 0.143. The fourth-order valence-electron chi connectivity index (χ4n) is 5.44. The van der Waals surface area contributed by atoms with Crippen molar-refractivity contribution in [2.45, 2.75) is 33.1 Å². The molecule has 0 atom stereocenters. The highest BCUT2D eigenvalue weighted by molar-refractivity contribution is 7.26. The molecule has 7 rings (SSSR count). The predicted molar refractivity (Wildman–Crippen MR) is 166 cm³/mol. The molecular weight excluding hydrogens is 494 g/mol. The molecule has 3 aromatic heterocycles. The molecular formula is C35H29N3S. The number of aryl methyl sites for hydroxylation is 1. The highest BCUT2D eigenvalue weighted by atomic mass is 32.1. The molecule has 0 saturated carbocycles. The minimum Gasteiger partial charge on any atom is -0.291 e. The summed E-state index contributed by atoms with van der Waals surface area (Å²) in [5.74, 6) is 0.948. The number of fused-ring (bicyclic) bond motifs is 4. The van der Waals surface area contributed by atoms with Crippen LogP contribution in [0.25, 0.3) is 59.4 Å². The molecule has 0 aliphatic rings. The number of para-hydroxylation sites is 1. The second-order valence-electron chi connectivity index (χ2n) is 11.2. The van der Waals surface area contributed by atoms with Gasteiger partial charge in [0.2, 0.25) is 0 Å². The third-order valence-corrected chi connectivity index (χ3v) is 8.69. The van der Waals surface area contributed by atoms with Crippen LogP contribution < -0.4 is 0 Å².